The minimum absolute atomic E-state index is 0.00678. The van der Waals surface area contributed by atoms with Crippen LogP contribution in [0.25, 0.3) is 0 Å². The minimum Gasteiger partial charge on any atom is -0.495 e. The standard InChI is InChI=1S/C23H27ClN2O6S/c1-5-13-25-22(27)16(3)32-23(28)18-15-17(11-12-19(18)24)33(29,30)26(14-6-2)20-9-7-8-10-21(20)31-4/h6-12,15-16H,2,5,13-14H2,1,3-4H3,(H,25,27). The molecule has 0 saturated heterocycles. The Morgan fingerprint density at radius 3 is 2.58 bits per heavy atom. The van der Waals surface area contributed by atoms with E-state index in [4.69, 9.17) is 21.1 Å². The Morgan fingerprint density at radius 1 is 1.24 bits per heavy atom. The van der Waals surface area contributed by atoms with Gasteiger partial charge in [0, 0.05) is 6.54 Å². The second-order valence-corrected chi connectivity index (χ2v) is 9.25. The fourth-order valence-corrected chi connectivity index (χ4v) is 4.56. The quantitative estimate of drug-likeness (QED) is 0.376. The number of rotatable bonds is 11. The van der Waals surface area contributed by atoms with E-state index in [-0.39, 0.29) is 22.0 Å². The van der Waals surface area contributed by atoms with Crippen molar-refractivity contribution in [3.8, 4) is 5.75 Å². The Bertz CT molecular complexity index is 1120. The van der Waals surface area contributed by atoms with E-state index in [2.05, 4.69) is 11.9 Å². The highest BCUT2D eigenvalue weighted by Gasteiger charge is 2.29. The fraction of sp³-hybridized carbons (Fsp3) is 0.304. The predicted octanol–water partition coefficient (Wildman–Crippen LogP) is 3.80. The van der Waals surface area contributed by atoms with Gasteiger partial charge in [0.1, 0.15) is 5.75 Å². The molecule has 0 aliphatic carbocycles. The Morgan fingerprint density at radius 2 is 1.94 bits per heavy atom. The van der Waals surface area contributed by atoms with E-state index in [0.29, 0.717) is 18.0 Å². The molecule has 10 heteroatoms. The van der Waals surface area contributed by atoms with Gasteiger partial charge in [-0.25, -0.2) is 13.2 Å². The van der Waals surface area contributed by atoms with Crippen molar-refractivity contribution in [1.29, 1.82) is 0 Å². The number of nitrogens with zero attached hydrogens (tertiary/aromatic N) is 1. The molecule has 1 N–H and O–H groups in total. The van der Waals surface area contributed by atoms with Crippen molar-refractivity contribution in [2.75, 3.05) is 24.5 Å². The molecule has 0 radical (unpaired) electrons. The first kappa shape index (κ1) is 26.2. The number of carbonyl (C=O) groups excluding carboxylic acids is 2. The molecule has 1 amide bonds. The van der Waals surface area contributed by atoms with Crippen molar-refractivity contribution in [2.24, 2.45) is 0 Å². The van der Waals surface area contributed by atoms with Gasteiger partial charge in [-0.3, -0.25) is 9.10 Å². The van der Waals surface area contributed by atoms with E-state index in [0.717, 1.165) is 16.8 Å². The number of nitrogens with one attached hydrogen (secondary N) is 1. The van der Waals surface area contributed by atoms with Crippen molar-refractivity contribution in [3.63, 3.8) is 0 Å². The van der Waals surface area contributed by atoms with Crippen molar-refractivity contribution >= 4 is 39.2 Å². The molecular weight excluding hydrogens is 468 g/mol. The molecule has 1 atom stereocenters. The fourth-order valence-electron chi connectivity index (χ4n) is 2.90. The molecule has 178 valence electrons. The highest BCUT2D eigenvalue weighted by molar-refractivity contribution is 7.92. The van der Waals surface area contributed by atoms with Crippen LogP contribution in [0, 0.1) is 0 Å². The lowest BCUT2D eigenvalue weighted by Gasteiger charge is -2.25. The number of hydrogen-bond acceptors (Lipinski definition) is 6. The van der Waals surface area contributed by atoms with Crippen LogP contribution in [-0.4, -0.2) is 46.6 Å². The van der Waals surface area contributed by atoms with Gasteiger partial charge in [-0.2, -0.15) is 0 Å². The topological polar surface area (TPSA) is 102 Å². The summed E-state index contributed by atoms with van der Waals surface area (Å²) in [6.45, 7) is 7.35. The third-order valence-corrected chi connectivity index (χ3v) is 6.70. The maximum atomic E-state index is 13.5. The van der Waals surface area contributed by atoms with Crippen LogP contribution in [0.3, 0.4) is 0 Å². The van der Waals surface area contributed by atoms with Crippen LogP contribution < -0.4 is 14.4 Å². The molecule has 8 nitrogen and oxygen atoms in total. The van der Waals surface area contributed by atoms with Crippen LogP contribution in [0.15, 0.2) is 60.0 Å². The number of amides is 1. The summed E-state index contributed by atoms with van der Waals surface area (Å²) in [4.78, 5) is 24.5. The summed E-state index contributed by atoms with van der Waals surface area (Å²) in [5.74, 6) is -1.02. The number of methoxy groups -OCH3 is 1. The molecule has 0 aromatic heterocycles. The van der Waals surface area contributed by atoms with Gasteiger partial charge < -0.3 is 14.8 Å². The van der Waals surface area contributed by atoms with Gasteiger partial charge in [0.15, 0.2) is 6.10 Å². The van der Waals surface area contributed by atoms with Gasteiger partial charge >= 0.3 is 5.97 Å². The molecule has 0 heterocycles. The highest BCUT2D eigenvalue weighted by atomic mass is 35.5. The average Bonchev–Trinajstić information content (AvgIpc) is 2.80. The van der Waals surface area contributed by atoms with E-state index in [1.165, 1.54) is 32.2 Å². The number of benzene rings is 2. The van der Waals surface area contributed by atoms with Crippen LogP contribution in [0.2, 0.25) is 5.02 Å². The van der Waals surface area contributed by atoms with E-state index in [9.17, 15) is 18.0 Å². The molecule has 0 saturated carbocycles. The summed E-state index contributed by atoms with van der Waals surface area (Å²) in [6, 6.07) is 10.3. The number of halogens is 1. The van der Waals surface area contributed by atoms with Crippen molar-refractivity contribution in [3.05, 3.63) is 65.7 Å². The van der Waals surface area contributed by atoms with E-state index in [1.54, 1.807) is 24.3 Å². The molecule has 2 aromatic carbocycles. The van der Waals surface area contributed by atoms with Crippen molar-refractivity contribution in [1.82, 2.24) is 5.32 Å². The molecule has 0 aliphatic heterocycles. The average molecular weight is 495 g/mol. The molecule has 0 spiro atoms. The molecule has 0 fully saturated rings. The van der Waals surface area contributed by atoms with Gasteiger partial charge in [-0.1, -0.05) is 36.7 Å². The number of para-hydroxylation sites is 2. The zero-order valence-electron chi connectivity index (χ0n) is 18.7. The molecule has 33 heavy (non-hydrogen) atoms. The van der Waals surface area contributed by atoms with Gasteiger partial charge in [0.2, 0.25) is 0 Å². The van der Waals surface area contributed by atoms with E-state index in [1.807, 2.05) is 6.92 Å². The highest BCUT2D eigenvalue weighted by Crippen LogP contribution is 2.33. The minimum atomic E-state index is -4.14. The second-order valence-electron chi connectivity index (χ2n) is 6.98. The van der Waals surface area contributed by atoms with E-state index < -0.39 is 28.0 Å². The van der Waals surface area contributed by atoms with E-state index >= 15 is 0 Å². The first-order valence-corrected chi connectivity index (χ1v) is 12.0. The van der Waals surface area contributed by atoms with Gasteiger partial charge in [-0.05, 0) is 43.7 Å². The lowest BCUT2D eigenvalue weighted by molar-refractivity contribution is -0.129. The number of anilines is 1. The van der Waals surface area contributed by atoms with Crippen LogP contribution in [-0.2, 0) is 19.6 Å². The lowest BCUT2D eigenvalue weighted by Crippen LogP contribution is -2.36. The van der Waals surface area contributed by atoms with Gasteiger partial charge in [0.05, 0.1) is 34.8 Å². The monoisotopic (exact) mass is 494 g/mol. The molecule has 1 unspecified atom stereocenters. The number of sulfonamides is 1. The van der Waals surface area contributed by atoms with Crippen LogP contribution >= 0.6 is 11.6 Å². The number of ether oxygens (including phenoxy) is 2. The third-order valence-electron chi connectivity index (χ3n) is 4.60. The second kappa shape index (κ2) is 11.7. The number of hydrogen-bond donors (Lipinski definition) is 1. The smallest absolute Gasteiger partial charge is 0.340 e. The van der Waals surface area contributed by atoms with Crippen LogP contribution in [0.5, 0.6) is 5.75 Å². The van der Waals surface area contributed by atoms with Gasteiger partial charge in [0.25, 0.3) is 15.9 Å². The number of carbonyl (C=O) groups is 2. The Hall–Kier alpha value is -3.04. The maximum absolute atomic E-state index is 13.5. The largest absolute Gasteiger partial charge is 0.495 e. The Balaban J connectivity index is 2.42. The Kier molecular flexibility index (Phi) is 9.31. The Labute approximate surface area is 199 Å². The van der Waals surface area contributed by atoms with Crippen LogP contribution in [0.1, 0.15) is 30.6 Å². The third kappa shape index (κ3) is 6.27. The van der Waals surface area contributed by atoms with Crippen molar-refractivity contribution in [2.45, 2.75) is 31.3 Å². The summed E-state index contributed by atoms with van der Waals surface area (Å²) in [5.41, 5.74) is 0.131. The normalized spacial score (nSPS) is 11.9. The zero-order chi connectivity index (χ0) is 24.6. The van der Waals surface area contributed by atoms with Crippen molar-refractivity contribution < 1.29 is 27.5 Å². The molecule has 2 aromatic rings. The summed E-state index contributed by atoms with van der Waals surface area (Å²) >= 11 is 6.15. The molecule has 2 rings (SSSR count). The maximum Gasteiger partial charge on any atom is 0.340 e. The summed E-state index contributed by atoms with van der Waals surface area (Å²) in [5, 5.41) is 2.62. The SMILES string of the molecule is C=CCN(c1ccccc1OC)S(=O)(=O)c1ccc(Cl)c(C(=O)OC(C)C(=O)NCCC)c1. The molecule has 0 aliphatic rings. The number of esters is 1. The van der Waals surface area contributed by atoms with Crippen LogP contribution in [0.4, 0.5) is 5.69 Å². The molecule has 0 bridgehead atoms. The summed E-state index contributed by atoms with van der Waals surface area (Å²) < 4.78 is 38.6. The predicted molar refractivity (Wildman–Crippen MR) is 127 cm³/mol. The first-order valence-electron chi connectivity index (χ1n) is 10.2. The van der Waals surface area contributed by atoms with Gasteiger partial charge in [-0.15, -0.1) is 6.58 Å². The first-order chi connectivity index (χ1) is 15.7. The molecular formula is C23H27ClN2O6S. The summed E-state index contributed by atoms with van der Waals surface area (Å²) in [6.07, 6.45) is 1.09. The lowest BCUT2D eigenvalue weighted by atomic mass is 10.2. The summed E-state index contributed by atoms with van der Waals surface area (Å²) in [7, 11) is -2.71. The zero-order valence-corrected chi connectivity index (χ0v) is 20.3.